The summed E-state index contributed by atoms with van der Waals surface area (Å²) in [5, 5.41) is 0. The van der Waals surface area contributed by atoms with Crippen LogP contribution >= 0.6 is 11.6 Å². The molecule has 1 nitrogen and oxygen atoms in total. The summed E-state index contributed by atoms with van der Waals surface area (Å²) in [6.45, 7) is 4.91. The molecule has 0 saturated carbocycles. The van der Waals surface area contributed by atoms with Crippen molar-refractivity contribution < 1.29 is 4.74 Å². The quantitative estimate of drug-likeness (QED) is 0.329. The summed E-state index contributed by atoms with van der Waals surface area (Å²) < 4.78 is 5.12. The van der Waals surface area contributed by atoms with E-state index in [0.29, 0.717) is 12.5 Å². The van der Waals surface area contributed by atoms with Gasteiger partial charge in [-0.1, -0.05) is 18.2 Å². The number of rotatable bonds is 6. The summed E-state index contributed by atoms with van der Waals surface area (Å²) in [5.74, 6) is 0.585. The molecule has 0 aliphatic heterocycles. The van der Waals surface area contributed by atoms with E-state index in [9.17, 15) is 0 Å². The van der Waals surface area contributed by atoms with Crippen LogP contribution in [0.4, 0.5) is 0 Å². The minimum Gasteiger partial charge on any atom is -0.377 e. The van der Waals surface area contributed by atoms with Crippen LogP contribution in [0.25, 0.3) is 0 Å². The molecule has 0 rings (SSSR count). The highest BCUT2D eigenvalue weighted by molar-refractivity contribution is 6.18. The Morgan fingerprint density at radius 2 is 2.20 bits per heavy atom. The first-order valence-electron chi connectivity index (χ1n) is 3.31. The second-order valence-electron chi connectivity index (χ2n) is 1.78. The largest absolute Gasteiger partial charge is 0.377 e. The second kappa shape index (κ2) is 8.73. The van der Waals surface area contributed by atoms with Crippen molar-refractivity contribution in [2.75, 3.05) is 19.1 Å². The maximum Gasteiger partial charge on any atom is 0.0644 e. The molecular weight excluding hydrogens is 148 g/mol. The SMILES string of the molecule is C=CCOCC/C=C/CCl. The molecule has 0 aromatic rings. The molecule has 0 saturated heterocycles. The van der Waals surface area contributed by atoms with Crippen molar-refractivity contribution in [1.82, 2.24) is 0 Å². The van der Waals surface area contributed by atoms with E-state index >= 15 is 0 Å². The normalized spacial score (nSPS) is 10.5. The number of allylic oxidation sites excluding steroid dienone is 1. The Bertz CT molecular complexity index is 99.4. The Labute approximate surface area is 67.3 Å². The zero-order valence-electron chi connectivity index (χ0n) is 6.05. The van der Waals surface area contributed by atoms with Crippen LogP contribution in [0.3, 0.4) is 0 Å². The van der Waals surface area contributed by atoms with Crippen molar-refractivity contribution in [2.45, 2.75) is 6.42 Å². The molecule has 2 heteroatoms. The first kappa shape index (κ1) is 9.73. The van der Waals surface area contributed by atoms with Crippen molar-refractivity contribution in [2.24, 2.45) is 0 Å². The maximum atomic E-state index is 5.40. The highest BCUT2D eigenvalue weighted by Gasteiger charge is 1.79. The Kier molecular flexibility index (Phi) is 8.49. The molecule has 58 valence electrons. The number of hydrogen-bond donors (Lipinski definition) is 0. The summed E-state index contributed by atoms with van der Waals surface area (Å²) >= 11 is 5.40. The van der Waals surface area contributed by atoms with Crippen LogP contribution in [0.2, 0.25) is 0 Å². The summed E-state index contributed by atoms with van der Waals surface area (Å²) in [4.78, 5) is 0. The average Bonchev–Trinajstić information content (AvgIpc) is 1.97. The monoisotopic (exact) mass is 160 g/mol. The Morgan fingerprint density at radius 1 is 1.40 bits per heavy atom. The third-order valence-electron chi connectivity index (χ3n) is 0.920. The third kappa shape index (κ3) is 7.73. The van der Waals surface area contributed by atoms with Crippen molar-refractivity contribution in [3.8, 4) is 0 Å². The van der Waals surface area contributed by atoms with Gasteiger partial charge >= 0.3 is 0 Å². The molecule has 0 aromatic carbocycles. The van der Waals surface area contributed by atoms with Crippen molar-refractivity contribution >= 4 is 11.6 Å². The van der Waals surface area contributed by atoms with E-state index in [-0.39, 0.29) is 0 Å². The average molecular weight is 161 g/mol. The van der Waals surface area contributed by atoms with E-state index in [1.54, 1.807) is 6.08 Å². The van der Waals surface area contributed by atoms with Crippen LogP contribution in [0.5, 0.6) is 0 Å². The molecule has 10 heavy (non-hydrogen) atoms. The van der Waals surface area contributed by atoms with Gasteiger partial charge in [0.1, 0.15) is 0 Å². The Morgan fingerprint density at radius 3 is 2.80 bits per heavy atom. The van der Waals surface area contributed by atoms with E-state index in [0.717, 1.165) is 13.0 Å². The van der Waals surface area contributed by atoms with Gasteiger partial charge in [-0.3, -0.25) is 0 Å². The van der Waals surface area contributed by atoms with Crippen LogP contribution in [-0.2, 0) is 4.74 Å². The Balaban J connectivity index is 2.89. The molecule has 0 N–H and O–H groups in total. The van der Waals surface area contributed by atoms with Crippen LogP contribution in [0, 0.1) is 0 Å². The standard InChI is InChI=1S/C8H13ClO/c1-2-7-10-8-5-3-4-6-9/h2-4H,1,5-8H2/b4-3+. The van der Waals surface area contributed by atoms with Gasteiger partial charge in [0, 0.05) is 5.88 Å². The third-order valence-corrected chi connectivity index (χ3v) is 1.10. The van der Waals surface area contributed by atoms with Gasteiger partial charge in [0.25, 0.3) is 0 Å². The predicted octanol–water partition coefficient (Wildman–Crippen LogP) is 2.37. The lowest BCUT2D eigenvalue weighted by Gasteiger charge is -1.94. The number of hydrogen-bond acceptors (Lipinski definition) is 1. The van der Waals surface area contributed by atoms with E-state index in [1.807, 2.05) is 12.2 Å². The summed E-state index contributed by atoms with van der Waals surface area (Å²) in [6.07, 6.45) is 6.60. The number of halogens is 1. The second-order valence-corrected chi connectivity index (χ2v) is 2.09. The summed E-state index contributed by atoms with van der Waals surface area (Å²) in [7, 11) is 0. The number of ether oxygens (including phenoxy) is 1. The van der Waals surface area contributed by atoms with Gasteiger partial charge in [-0.25, -0.2) is 0 Å². The molecule has 0 spiro atoms. The van der Waals surface area contributed by atoms with Crippen LogP contribution < -0.4 is 0 Å². The molecule has 0 fully saturated rings. The minimum atomic E-state index is 0.585. The van der Waals surface area contributed by atoms with E-state index < -0.39 is 0 Å². The van der Waals surface area contributed by atoms with Gasteiger partial charge in [0.15, 0.2) is 0 Å². The first-order valence-corrected chi connectivity index (χ1v) is 3.85. The fourth-order valence-corrected chi connectivity index (χ4v) is 0.625. The van der Waals surface area contributed by atoms with Crippen molar-refractivity contribution in [1.29, 1.82) is 0 Å². The molecule has 0 bridgehead atoms. The van der Waals surface area contributed by atoms with Gasteiger partial charge in [0.2, 0.25) is 0 Å². The van der Waals surface area contributed by atoms with Gasteiger partial charge in [-0.2, -0.15) is 0 Å². The summed E-state index contributed by atoms with van der Waals surface area (Å²) in [5.41, 5.74) is 0. The highest BCUT2D eigenvalue weighted by Crippen LogP contribution is 1.86. The predicted molar refractivity (Wildman–Crippen MR) is 45.5 cm³/mol. The lowest BCUT2D eigenvalue weighted by atomic mass is 10.4. The molecule has 0 aliphatic carbocycles. The lowest BCUT2D eigenvalue weighted by molar-refractivity contribution is 0.168. The lowest BCUT2D eigenvalue weighted by Crippen LogP contribution is -1.91. The molecule has 0 radical (unpaired) electrons. The van der Waals surface area contributed by atoms with Gasteiger partial charge in [-0.15, -0.1) is 18.2 Å². The fourth-order valence-electron chi connectivity index (χ4n) is 0.499. The molecule has 0 unspecified atom stereocenters. The molecule has 0 aromatic heterocycles. The summed E-state index contributed by atoms with van der Waals surface area (Å²) in [6, 6.07) is 0. The fraction of sp³-hybridized carbons (Fsp3) is 0.500. The molecular formula is C8H13ClO. The van der Waals surface area contributed by atoms with E-state index in [1.165, 1.54) is 0 Å². The topological polar surface area (TPSA) is 9.23 Å². The van der Waals surface area contributed by atoms with Gasteiger partial charge < -0.3 is 4.74 Å². The molecule has 0 heterocycles. The zero-order valence-corrected chi connectivity index (χ0v) is 6.81. The highest BCUT2D eigenvalue weighted by atomic mass is 35.5. The number of alkyl halides is 1. The maximum absolute atomic E-state index is 5.40. The van der Waals surface area contributed by atoms with Gasteiger partial charge in [0.05, 0.1) is 13.2 Å². The Hall–Kier alpha value is -0.270. The zero-order chi connectivity index (χ0) is 7.66. The minimum absolute atomic E-state index is 0.585. The molecule has 0 amide bonds. The van der Waals surface area contributed by atoms with Crippen molar-refractivity contribution in [3.63, 3.8) is 0 Å². The van der Waals surface area contributed by atoms with Crippen LogP contribution in [0.15, 0.2) is 24.8 Å². The van der Waals surface area contributed by atoms with E-state index in [4.69, 9.17) is 16.3 Å². The first-order chi connectivity index (χ1) is 4.91. The smallest absolute Gasteiger partial charge is 0.0644 e. The van der Waals surface area contributed by atoms with Crippen molar-refractivity contribution in [3.05, 3.63) is 24.8 Å². The molecule has 0 aliphatic rings. The van der Waals surface area contributed by atoms with Crippen LogP contribution in [-0.4, -0.2) is 19.1 Å². The van der Waals surface area contributed by atoms with E-state index in [2.05, 4.69) is 6.58 Å². The molecule has 0 atom stereocenters. The van der Waals surface area contributed by atoms with Gasteiger partial charge in [-0.05, 0) is 6.42 Å². The van der Waals surface area contributed by atoms with Crippen LogP contribution in [0.1, 0.15) is 6.42 Å².